The van der Waals surface area contributed by atoms with Gasteiger partial charge in [0.25, 0.3) is 0 Å². The molecule has 2 aromatic carbocycles. The number of hydrogen-bond donors (Lipinski definition) is 0. The van der Waals surface area contributed by atoms with Crippen LogP contribution in [0.2, 0.25) is 0 Å². The van der Waals surface area contributed by atoms with Crippen molar-refractivity contribution in [2.24, 2.45) is 5.92 Å². The number of carbonyl (C=O) groups is 1. The quantitative estimate of drug-likeness (QED) is 0.666. The first-order chi connectivity index (χ1) is 12.6. The summed E-state index contributed by atoms with van der Waals surface area (Å²) < 4.78 is 13.1. The van der Waals surface area contributed by atoms with Crippen molar-refractivity contribution in [3.05, 3.63) is 65.7 Å². The van der Waals surface area contributed by atoms with E-state index in [9.17, 15) is 9.18 Å². The largest absolute Gasteiger partial charge is 0.356 e. The van der Waals surface area contributed by atoms with Crippen molar-refractivity contribution in [2.45, 2.75) is 19.8 Å². The van der Waals surface area contributed by atoms with Crippen LogP contribution in [0.15, 0.2) is 48.8 Å². The van der Waals surface area contributed by atoms with Crippen LogP contribution in [0.1, 0.15) is 28.8 Å². The molecule has 4 rings (SSSR count). The van der Waals surface area contributed by atoms with Crippen LogP contribution in [0.5, 0.6) is 0 Å². The lowest BCUT2D eigenvalue weighted by Crippen LogP contribution is -2.37. The van der Waals surface area contributed by atoms with Crippen molar-refractivity contribution in [3.8, 4) is 0 Å². The van der Waals surface area contributed by atoms with Crippen molar-refractivity contribution in [1.82, 2.24) is 9.97 Å². The van der Waals surface area contributed by atoms with Gasteiger partial charge in [0.2, 0.25) is 0 Å². The van der Waals surface area contributed by atoms with Crippen LogP contribution in [0.4, 0.5) is 10.2 Å². The Bertz CT molecular complexity index is 942. The van der Waals surface area contributed by atoms with E-state index in [1.54, 1.807) is 18.5 Å². The summed E-state index contributed by atoms with van der Waals surface area (Å²) in [6.45, 7) is 3.62. The maximum Gasteiger partial charge on any atom is 0.166 e. The van der Waals surface area contributed by atoms with Crippen LogP contribution in [0.3, 0.4) is 0 Å². The number of halogens is 1. The van der Waals surface area contributed by atoms with Crippen LogP contribution in [-0.2, 0) is 0 Å². The number of benzene rings is 2. The number of Topliss-reactive ketones (excluding diaryl/α,β-unsaturated/α-hetero) is 1. The molecule has 26 heavy (non-hydrogen) atoms. The molecule has 2 heterocycles. The van der Waals surface area contributed by atoms with Gasteiger partial charge in [-0.1, -0.05) is 12.1 Å². The van der Waals surface area contributed by atoms with Gasteiger partial charge in [0, 0.05) is 30.0 Å². The SMILES string of the molecule is Cc1cccc2ncnc(N3CCC(C(=O)c4ccc(F)cc4)CC3)c12. The van der Waals surface area contributed by atoms with E-state index in [1.807, 2.05) is 12.1 Å². The number of rotatable bonds is 3. The van der Waals surface area contributed by atoms with Crippen LogP contribution < -0.4 is 4.90 Å². The maximum atomic E-state index is 13.1. The fourth-order valence-corrected chi connectivity index (χ4v) is 3.70. The van der Waals surface area contributed by atoms with Crippen molar-refractivity contribution in [1.29, 1.82) is 0 Å². The lowest BCUT2D eigenvalue weighted by atomic mass is 9.88. The predicted molar refractivity (Wildman–Crippen MR) is 99.9 cm³/mol. The van der Waals surface area contributed by atoms with E-state index in [-0.39, 0.29) is 17.5 Å². The second-order valence-corrected chi connectivity index (χ2v) is 6.80. The number of anilines is 1. The minimum Gasteiger partial charge on any atom is -0.356 e. The summed E-state index contributed by atoms with van der Waals surface area (Å²) in [5.74, 6) is 0.711. The molecule has 5 heteroatoms. The minimum absolute atomic E-state index is 0.0223. The van der Waals surface area contributed by atoms with Gasteiger partial charge in [0.15, 0.2) is 5.78 Å². The molecule has 132 valence electrons. The molecule has 4 nitrogen and oxygen atoms in total. The summed E-state index contributed by atoms with van der Waals surface area (Å²) in [7, 11) is 0. The summed E-state index contributed by atoms with van der Waals surface area (Å²) in [6.07, 6.45) is 3.15. The molecule has 3 aromatic rings. The number of carbonyl (C=O) groups excluding carboxylic acids is 1. The zero-order chi connectivity index (χ0) is 18.1. The molecule has 0 unspecified atom stereocenters. The number of aryl methyl sites for hydroxylation is 1. The van der Waals surface area contributed by atoms with E-state index in [2.05, 4.69) is 27.9 Å². The predicted octanol–water partition coefficient (Wildman–Crippen LogP) is 4.18. The molecule has 1 aliphatic heterocycles. The third kappa shape index (κ3) is 3.05. The molecule has 1 aromatic heterocycles. The topological polar surface area (TPSA) is 46.1 Å². The van der Waals surface area contributed by atoms with E-state index >= 15 is 0 Å². The lowest BCUT2D eigenvalue weighted by molar-refractivity contribution is 0.0900. The number of piperidine rings is 1. The minimum atomic E-state index is -0.317. The fraction of sp³-hybridized carbons (Fsp3) is 0.286. The second-order valence-electron chi connectivity index (χ2n) is 6.80. The van der Waals surface area contributed by atoms with E-state index in [0.717, 1.165) is 48.2 Å². The van der Waals surface area contributed by atoms with Gasteiger partial charge >= 0.3 is 0 Å². The zero-order valence-corrected chi connectivity index (χ0v) is 14.7. The maximum absolute atomic E-state index is 13.1. The van der Waals surface area contributed by atoms with Crippen LogP contribution in [0.25, 0.3) is 10.9 Å². The number of fused-ring (bicyclic) bond motifs is 1. The monoisotopic (exact) mass is 349 g/mol. The molecule has 0 N–H and O–H groups in total. The Morgan fingerprint density at radius 1 is 1.08 bits per heavy atom. The fourth-order valence-electron chi connectivity index (χ4n) is 3.70. The second kappa shape index (κ2) is 6.83. The Morgan fingerprint density at radius 2 is 1.81 bits per heavy atom. The normalized spacial score (nSPS) is 15.4. The van der Waals surface area contributed by atoms with Gasteiger partial charge in [-0.3, -0.25) is 4.79 Å². The Kier molecular flexibility index (Phi) is 4.37. The molecule has 1 aliphatic rings. The van der Waals surface area contributed by atoms with E-state index < -0.39 is 0 Å². The van der Waals surface area contributed by atoms with Gasteiger partial charge in [0.05, 0.1) is 5.52 Å². The number of ketones is 1. The molecule has 0 amide bonds. The van der Waals surface area contributed by atoms with Crippen molar-refractivity contribution < 1.29 is 9.18 Å². The standard InChI is InChI=1S/C21H20FN3O/c1-14-3-2-4-18-19(14)21(24-13-23-18)25-11-9-16(10-12-25)20(26)15-5-7-17(22)8-6-15/h2-8,13,16H,9-12H2,1H3. The highest BCUT2D eigenvalue weighted by Crippen LogP contribution is 2.30. The Labute approximate surface area is 151 Å². The molecule has 0 aliphatic carbocycles. The summed E-state index contributed by atoms with van der Waals surface area (Å²) in [6, 6.07) is 11.9. The molecule has 0 radical (unpaired) electrons. The molecule has 0 bridgehead atoms. The highest BCUT2D eigenvalue weighted by Gasteiger charge is 2.27. The van der Waals surface area contributed by atoms with Gasteiger partial charge in [-0.15, -0.1) is 0 Å². The molecular weight excluding hydrogens is 329 g/mol. The number of aromatic nitrogens is 2. The smallest absolute Gasteiger partial charge is 0.166 e. The van der Waals surface area contributed by atoms with Gasteiger partial charge < -0.3 is 4.90 Å². The molecular formula is C21H20FN3O. The average Bonchev–Trinajstić information content (AvgIpc) is 2.68. The van der Waals surface area contributed by atoms with Gasteiger partial charge in [-0.05, 0) is 55.7 Å². The molecule has 0 saturated carbocycles. The van der Waals surface area contributed by atoms with E-state index in [0.29, 0.717) is 5.56 Å². The van der Waals surface area contributed by atoms with Gasteiger partial charge in [0.1, 0.15) is 18.0 Å². The summed E-state index contributed by atoms with van der Waals surface area (Å²) in [5, 5.41) is 1.08. The number of nitrogens with zero attached hydrogens (tertiary/aromatic N) is 3. The van der Waals surface area contributed by atoms with Crippen LogP contribution in [0, 0.1) is 18.7 Å². The lowest BCUT2D eigenvalue weighted by Gasteiger charge is -2.33. The first-order valence-corrected chi connectivity index (χ1v) is 8.88. The first-order valence-electron chi connectivity index (χ1n) is 8.88. The highest BCUT2D eigenvalue weighted by atomic mass is 19.1. The molecule has 0 atom stereocenters. The van der Waals surface area contributed by atoms with Crippen LogP contribution in [-0.4, -0.2) is 28.8 Å². The van der Waals surface area contributed by atoms with E-state index in [1.165, 1.54) is 12.1 Å². The molecule has 1 saturated heterocycles. The van der Waals surface area contributed by atoms with Crippen molar-refractivity contribution in [3.63, 3.8) is 0 Å². The summed E-state index contributed by atoms with van der Waals surface area (Å²) in [4.78, 5) is 23.8. The van der Waals surface area contributed by atoms with E-state index in [4.69, 9.17) is 0 Å². The van der Waals surface area contributed by atoms with Crippen molar-refractivity contribution >= 4 is 22.5 Å². The Hall–Kier alpha value is -2.82. The first kappa shape index (κ1) is 16.6. The third-order valence-corrected chi connectivity index (χ3v) is 5.15. The summed E-state index contributed by atoms with van der Waals surface area (Å²) in [5.41, 5.74) is 2.69. The highest BCUT2D eigenvalue weighted by molar-refractivity contribution is 5.98. The van der Waals surface area contributed by atoms with Gasteiger partial charge in [-0.25, -0.2) is 14.4 Å². The molecule has 0 spiro atoms. The summed E-state index contributed by atoms with van der Waals surface area (Å²) >= 11 is 0. The van der Waals surface area contributed by atoms with Crippen LogP contribution >= 0.6 is 0 Å². The number of hydrogen-bond acceptors (Lipinski definition) is 4. The Balaban J connectivity index is 1.52. The van der Waals surface area contributed by atoms with Gasteiger partial charge in [-0.2, -0.15) is 0 Å². The Morgan fingerprint density at radius 3 is 2.54 bits per heavy atom. The zero-order valence-electron chi connectivity index (χ0n) is 14.7. The third-order valence-electron chi connectivity index (χ3n) is 5.15. The van der Waals surface area contributed by atoms with Crippen molar-refractivity contribution in [2.75, 3.05) is 18.0 Å². The average molecular weight is 349 g/mol. The molecule has 1 fully saturated rings.